The molecule has 0 radical (unpaired) electrons. The van der Waals surface area contributed by atoms with E-state index in [1.807, 2.05) is 14.0 Å². The fourth-order valence-corrected chi connectivity index (χ4v) is 0.869. The topological polar surface area (TPSA) is 38.5 Å². The van der Waals surface area contributed by atoms with Gasteiger partial charge in [0.1, 0.15) is 0 Å². The summed E-state index contributed by atoms with van der Waals surface area (Å²) in [5.74, 6) is 0. The molecule has 0 aliphatic heterocycles. The molecular weight excluding hydrogens is 172 g/mol. The smallest absolute Gasteiger partial charge is 0.0740 e. The first kappa shape index (κ1) is 11.8. The summed E-state index contributed by atoms with van der Waals surface area (Å²) in [5.41, 5.74) is 5.37. The van der Waals surface area contributed by atoms with Crippen molar-refractivity contribution in [2.45, 2.75) is 13.3 Å². The average molecular weight is 190 g/mol. The summed E-state index contributed by atoms with van der Waals surface area (Å²) in [6, 6.07) is 0. The van der Waals surface area contributed by atoms with Crippen LogP contribution in [0.4, 0.5) is 0 Å². The van der Waals surface area contributed by atoms with Crippen LogP contribution in [0.2, 0.25) is 0 Å². The molecule has 0 saturated carbocycles. The number of hydrogen-bond donors (Lipinski definition) is 1. The number of rotatable bonds is 7. The minimum Gasteiger partial charge on any atom is -0.393 e. The van der Waals surface area contributed by atoms with Crippen molar-refractivity contribution in [3.05, 3.63) is 0 Å². The summed E-state index contributed by atoms with van der Waals surface area (Å²) >= 11 is 4.77. The van der Waals surface area contributed by atoms with Crippen LogP contribution >= 0.6 is 12.2 Å². The normalized spacial score (nSPS) is 10.6. The van der Waals surface area contributed by atoms with E-state index in [4.69, 9.17) is 22.7 Å². The molecule has 0 aliphatic carbocycles. The van der Waals surface area contributed by atoms with Gasteiger partial charge in [0.05, 0.1) is 11.6 Å². The zero-order valence-electron chi connectivity index (χ0n) is 7.88. The van der Waals surface area contributed by atoms with Crippen LogP contribution in [0.25, 0.3) is 0 Å². The third-order valence-corrected chi connectivity index (χ3v) is 1.77. The maximum atomic E-state index is 5.37. The van der Waals surface area contributed by atoms with Gasteiger partial charge in [-0.05, 0) is 14.0 Å². The summed E-state index contributed by atoms with van der Waals surface area (Å²) in [6.07, 6.45) is 0.790. The van der Waals surface area contributed by atoms with Crippen molar-refractivity contribution in [1.82, 2.24) is 4.90 Å². The van der Waals surface area contributed by atoms with Gasteiger partial charge in [-0.3, -0.25) is 0 Å². The number of likely N-dealkylation sites (N-methyl/N-ethyl adjacent to an activating group) is 1. The first-order chi connectivity index (χ1) is 5.66. The van der Waals surface area contributed by atoms with Crippen molar-refractivity contribution in [1.29, 1.82) is 0 Å². The van der Waals surface area contributed by atoms with Gasteiger partial charge in [-0.25, -0.2) is 0 Å². The van der Waals surface area contributed by atoms with Crippen molar-refractivity contribution < 1.29 is 4.74 Å². The van der Waals surface area contributed by atoms with E-state index in [9.17, 15) is 0 Å². The molecule has 0 heterocycles. The lowest BCUT2D eigenvalue weighted by atomic mass is 10.4. The molecule has 0 aromatic carbocycles. The standard InChI is InChI=1S/C8H18N2OS/c1-3-11-7-6-10(2)5-4-8(9)12/h3-7H2,1-2H3,(H2,9,12). The number of hydrogen-bond acceptors (Lipinski definition) is 3. The molecule has 0 spiro atoms. The predicted molar refractivity (Wildman–Crippen MR) is 55.4 cm³/mol. The second-order valence-corrected chi connectivity index (χ2v) is 3.24. The van der Waals surface area contributed by atoms with Gasteiger partial charge in [0.2, 0.25) is 0 Å². The molecule has 0 unspecified atom stereocenters. The lowest BCUT2D eigenvalue weighted by molar-refractivity contribution is 0.123. The Morgan fingerprint density at radius 3 is 2.67 bits per heavy atom. The van der Waals surface area contributed by atoms with Crippen LogP contribution in [-0.4, -0.2) is 43.2 Å². The highest BCUT2D eigenvalue weighted by Crippen LogP contribution is 1.87. The van der Waals surface area contributed by atoms with Gasteiger partial charge in [0, 0.05) is 26.1 Å². The first-order valence-corrected chi connectivity index (χ1v) is 4.62. The van der Waals surface area contributed by atoms with Crippen LogP contribution in [0.3, 0.4) is 0 Å². The Morgan fingerprint density at radius 1 is 1.50 bits per heavy atom. The fourth-order valence-electron chi connectivity index (χ4n) is 0.778. The summed E-state index contributed by atoms with van der Waals surface area (Å²) in [5, 5.41) is 0. The molecule has 4 heteroatoms. The second-order valence-electron chi connectivity index (χ2n) is 2.72. The van der Waals surface area contributed by atoms with Crippen LogP contribution < -0.4 is 5.73 Å². The van der Waals surface area contributed by atoms with E-state index >= 15 is 0 Å². The number of ether oxygens (including phenoxy) is 1. The van der Waals surface area contributed by atoms with E-state index in [0.29, 0.717) is 4.99 Å². The highest BCUT2D eigenvalue weighted by molar-refractivity contribution is 7.80. The minimum absolute atomic E-state index is 0.582. The molecule has 0 aromatic rings. The Kier molecular flexibility index (Phi) is 7.34. The Bertz CT molecular complexity index is 130. The van der Waals surface area contributed by atoms with Gasteiger partial charge in [0.25, 0.3) is 0 Å². The van der Waals surface area contributed by atoms with Crippen molar-refractivity contribution in [2.24, 2.45) is 5.73 Å². The van der Waals surface area contributed by atoms with Gasteiger partial charge in [-0.1, -0.05) is 12.2 Å². The summed E-state index contributed by atoms with van der Waals surface area (Å²) in [6.45, 7) is 5.42. The SMILES string of the molecule is CCOCCN(C)CCC(N)=S. The van der Waals surface area contributed by atoms with E-state index in [1.165, 1.54) is 0 Å². The lowest BCUT2D eigenvalue weighted by Gasteiger charge is -2.15. The van der Waals surface area contributed by atoms with Gasteiger partial charge in [0.15, 0.2) is 0 Å². The van der Waals surface area contributed by atoms with Crippen LogP contribution in [-0.2, 0) is 4.74 Å². The molecule has 3 nitrogen and oxygen atoms in total. The van der Waals surface area contributed by atoms with Gasteiger partial charge < -0.3 is 15.4 Å². The highest BCUT2D eigenvalue weighted by atomic mass is 32.1. The quantitative estimate of drug-likeness (QED) is 0.472. The van der Waals surface area contributed by atoms with Crippen molar-refractivity contribution >= 4 is 17.2 Å². The average Bonchev–Trinajstić information content (AvgIpc) is 2.01. The number of thiocarbonyl (C=S) groups is 1. The van der Waals surface area contributed by atoms with Gasteiger partial charge >= 0.3 is 0 Å². The van der Waals surface area contributed by atoms with Crippen LogP contribution in [0.1, 0.15) is 13.3 Å². The Balaban J connectivity index is 3.21. The zero-order valence-corrected chi connectivity index (χ0v) is 8.69. The zero-order chi connectivity index (χ0) is 9.40. The van der Waals surface area contributed by atoms with Gasteiger partial charge in [-0.15, -0.1) is 0 Å². The van der Waals surface area contributed by atoms with E-state index in [-0.39, 0.29) is 0 Å². The Labute approximate surface area is 79.9 Å². The van der Waals surface area contributed by atoms with E-state index in [2.05, 4.69) is 4.90 Å². The number of nitrogens with zero attached hydrogens (tertiary/aromatic N) is 1. The maximum Gasteiger partial charge on any atom is 0.0740 e. The van der Waals surface area contributed by atoms with Crippen LogP contribution in [0.15, 0.2) is 0 Å². The van der Waals surface area contributed by atoms with Crippen molar-refractivity contribution in [2.75, 3.05) is 33.4 Å². The molecule has 2 N–H and O–H groups in total. The second kappa shape index (κ2) is 7.46. The molecule has 0 bridgehead atoms. The molecule has 0 aliphatic rings. The molecule has 0 aromatic heterocycles. The molecule has 0 rings (SSSR count). The minimum atomic E-state index is 0.582. The van der Waals surface area contributed by atoms with Crippen molar-refractivity contribution in [3.63, 3.8) is 0 Å². The monoisotopic (exact) mass is 190 g/mol. The molecule has 0 fully saturated rings. The predicted octanol–water partition coefficient (Wildman–Crippen LogP) is 0.631. The number of nitrogens with two attached hydrogens (primary N) is 1. The largest absolute Gasteiger partial charge is 0.393 e. The van der Waals surface area contributed by atoms with Crippen molar-refractivity contribution in [3.8, 4) is 0 Å². The van der Waals surface area contributed by atoms with E-state index in [0.717, 1.165) is 32.7 Å². The first-order valence-electron chi connectivity index (χ1n) is 4.21. The van der Waals surface area contributed by atoms with E-state index in [1.54, 1.807) is 0 Å². The van der Waals surface area contributed by atoms with E-state index < -0.39 is 0 Å². The molecule has 0 atom stereocenters. The highest BCUT2D eigenvalue weighted by Gasteiger charge is 1.97. The Morgan fingerprint density at radius 2 is 2.17 bits per heavy atom. The van der Waals surface area contributed by atoms with Crippen LogP contribution in [0, 0.1) is 0 Å². The summed E-state index contributed by atoms with van der Waals surface area (Å²) in [4.78, 5) is 2.74. The Hall–Kier alpha value is -0.190. The summed E-state index contributed by atoms with van der Waals surface area (Å²) < 4.78 is 5.21. The fraction of sp³-hybridized carbons (Fsp3) is 0.875. The third-order valence-electron chi connectivity index (χ3n) is 1.56. The summed E-state index contributed by atoms with van der Waals surface area (Å²) in [7, 11) is 2.04. The van der Waals surface area contributed by atoms with Gasteiger partial charge in [-0.2, -0.15) is 0 Å². The third kappa shape index (κ3) is 7.91. The molecule has 12 heavy (non-hydrogen) atoms. The lowest BCUT2D eigenvalue weighted by Crippen LogP contribution is -2.27. The molecule has 0 saturated heterocycles. The van der Waals surface area contributed by atoms with Crippen LogP contribution in [0.5, 0.6) is 0 Å². The molecular formula is C8H18N2OS. The maximum absolute atomic E-state index is 5.37. The molecule has 72 valence electrons. The molecule has 0 amide bonds.